The molecule has 2 amide bonds. The molecule has 3 aromatic carbocycles. The summed E-state index contributed by atoms with van der Waals surface area (Å²) in [6, 6.07) is 23.7. The maximum atomic E-state index is 12.6. The molecule has 0 spiro atoms. The summed E-state index contributed by atoms with van der Waals surface area (Å²) in [7, 11) is 1.58. The molecule has 3 aromatic rings. The molecule has 3 N–H and O–H groups in total. The van der Waals surface area contributed by atoms with E-state index in [0.717, 1.165) is 16.9 Å². The Morgan fingerprint density at radius 2 is 1.61 bits per heavy atom. The van der Waals surface area contributed by atoms with Gasteiger partial charge in [-0.1, -0.05) is 54.6 Å². The number of thiocarbonyl (C=S) groups is 1. The number of benzene rings is 3. The highest BCUT2D eigenvalue weighted by Crippen LogP contribution is 2.19. The van der Waals surface area contributed by atoms with E-state index in [-0.39, 0.29) is 5.11 Å². The lowest BCUT2D eigenvalue weighted by Gasteiger charge is -2.13. The summed E-state index contributed by atoms with van der Waals surface area (Å²) in [6.07, 6.45) is 2.97. The summed E-state index contributed by atoms with van der Waals surface area (Å²) in [4.78, 5) is 24.6. The highest BCUT2D eigenvalue weighted by molar-refractivity contribution is 7.80. The second-order valence-corrected chi connectivity index (χ2v) is 7.18. The second kappa shape index (κ2) is 12.0. The fourth-order valence-electron chi connectivity index (χ4n) is 2.77. The molecule has 0 aliphatic rings. The van der Waals surface area contributed by atoms with Crippen LogP contribution in [0, 0.1) is 0 Å². The number of methoxy groups -OCH3 is 1. The summed E-state index contributed by atoms with van der Waals surface area (Å²) in [5.41, 5.74) is 7.12. The predicted molar refractivity (Wildman–Crippen MR) is 131 cm³/mol. The number of nitrogens with one attached hydrogen (secondary N) is 3. The van der Waals surface area contributed by atoms with Gasteiger partial charge < -0.3 is 9.47 Å². The van der Waals surface area contributed by atoms with E-state index in [9.17, 15) is 9.59 Å². The molecule has 0 bridgehead atoms. The smallest absolute Gasteiger partial charge is 0.273 e. The molecule has 0 aromatic heterocycles. The number of hydrazine groups is 1. The number of ether oxygens (including phenoxy) is 2. The third-order valence-electron chi connectivity index (χ3n) is 4.44. The average Bonchev–Trinajstić information content (AvgIpc) is 2.86. The zero-order chi connectivity index (χ0) is 23.5. The molecule has 0 saturated carbocycles. The molecular weight excluding hydrogens is 438 g/mol. The number of hydrogen-bond donors (Lipinski definition) is 3. The first kappa shape index (κ1) is 23.5. The highest BCUT2D eigenvalue weighted by atomic mass is 32.1. The van der Waals surface area contributed by atoms with E-state index in [1.54, 1.807) is 49.6 Å². The van der Waals surface area contributed by atoms with Crippen molar-refractivity contribution >= 4 is 35.2 Å². The van der Waals surface area contributed by atoms with Crippen molar-refractivity contribution in [3.8, 4) is 11.5 Å². The van der Waals surface area contributed by atoms with E-state index < -0.39 is 11.8 Å². The normalized spacial score (nSPS) is 10.3. The van der Waals surface area contributed by atoms with E-state index in [4.69, 9.17) is 21.7 Å². The number of hydrogen-bond acceptors (Lipinski definition) is 5. The molecule has 0 aliphatic carbocycles. The standard InChI is InChI=1S/C25H23N3O4S/c1-31-20-14-11-18(12-15-20)13-16-23(29)26-25(33)28-27-24(30)21-9-5-6-10-22(21)32-17-19-7-3-2-4-8-19/h2-16H,17H2,1H3,(H,27,30)(H2,26,28,29,33). The first-order valence-corrected chi connectivity index (χ1v) is 10.4. The van der Waals surface area contributed by atoms with Crippen molar-refractivity contribution in [1.82, 2.24) is 16.2 Å². The van der Waals surface area contributed by atoms with E-state index in [1.165, 1.54) is 6.08 Å². The molecule has 3 rings (SSSR count). The van der Waals surface area contributed by atoms with Gasteiger partial charge in [-0.05, 0) is 53.7 Å². The van der Waals surface area contributed by atoms with Gasteiger partial charge in [0.15, 0.2) is 5.11 Å². The van der Waals surface area contributed by atoms with Crippen molar-refractivity contribution in [2.45, 2.75) is 6.61 Å². The van der Waals surface area contributed by atoms with Gasteiger partial charge in [-0.25, -0.2) is 0 Å². The van der Waals surface area contributed by atoms with Crippen molar-refractivity contribution < 1.29 is 19.1 Å². The van der Waals surface area contributed by atoms with Gasteiger partial charge in [0.25, 0.3) is 5.91 Å². The summed E-state index contributed by atoms with van der Waals surface area (Å²) >= 11 is 5.07. The lowest BCUT2D eigenvalue weighted by molar-refractivity contribution is -0.115. The third-order valence-corrected chi connectivity index (χ3v) is 4.64. The Hall–Kier alpha value is -4.17. The van der Waals surface area contributed by atoms with Crippen molar-refractivity contribution in [3.63, 3.8) is 0 Å². The van der Waals surface area contributed by atoms with Crippen LogP contribution in [0.4, 0.5) is 0 Å². The maximum absolute atomic E-state index is 12.6. The largest absolute Gasteiger partial charge is 0.497 e. The van der Waals surface area contributed by atoms with E-state index >= 15 is 0 Å². The molecule has 8 heteroatoms. The third kappa shape index (κ3) is 7.48. The van der Waals surface area contributed by atoms with Crippen molar-refractivity contribution in [3.05, 3.63) is 102 Å². The number of carbonyl (C=O) groups excluding carboxylic acids is 2. The monoisotopic (exact) mass is 461 g/mol. The number of para-hydroxylation sites is 1. The Morgan fingerprint density at radius 1 is 0.909 bits per heavy atom. The molecule has 0 unspecified atom stereocenters. The summed E-state index contributed by atoms with van der Waals surface area (Å²) < 4.78 is 10.9. The second-order valence-electron chi connectivity index (χ2n) is 6.77. The van der Waals surface area contributed by atoms with Gasteiger partial charge in [0.1, 0.15) is 18.1 Å². The van der Waals surface area contributed by atoms with Crippen LogP contribution in [0.25, 0.3) is 6.08 Å². The Morgan fingerprint density at radius 3 is 2.33 bits per heavy atom. The molecule has 0 fully saturated rings. The van der Waals surface area contributed by atoms with Gasteiger partial charge in [-0.3, -0.25) is 25.8 Å². The number of amides is 2. The van der Waals surface area contributed by atoms with Gasteiger partial charge in [0.2, 0.25) is 5.91 Å². The van der Waals surface area contributed by atoms with Gasteiger partial charge in [0, 0.05) is 6.08 Å². The summed E-state index contributed by atoms with van der Waals surface area (Å²) in [6.45, 7) is 0.327. The first-order valence-electron chi connectivity index (χ1n) is 10.0. The zero-order valence-corrected chi connectivity index (χ0v) is 18.7. The van der Waals surface area contributed by atoms with Crippen LogP contribution >= 0.6 is 12.2 Å². The molecule has 0 heterocycles. The molecule has 7 nitrogen and oxygen atoms in total. The topological polar surface area (TPSA) is 88.7 Å². The van der Waals surface area contributed by atoms with Gasteiger partial charge in [-0.15, -0.1) is 0 Å². The van der Waals surface area contributed by atoms with Crippen LogP contribution in [0.2, 0.25) is 0 Å². The Kier molecular flexibility index (Phi) is 8.55. The van der Waals surface area contributed by atoms with Crippen LogP contribution in [0.1, 0.15) is 21.5 Å². The van der Waals surface area contributed by atoms with Gasteiger partial charge >= 0.3 is 0 Å². The van der Waals surface area contributed by atoms with Gasteiger partial charge in [0.05, 0.1) is 12.7 Å². The van der Waals surface area contributed by atoms with Crippen LogP contribution in [-0.4, -0.2) is 24.0 Å². The SMILES string of the molecule is COc1ccc(C=CC(=O)NC(=S)NNC(=O)c2ccccc2OCc2ccccc2)cc1. The molecule has 168 valence electrons. The molecule has 0 radical (unpaired) electrons. The maximum Gasteiger partial charge on any atom is 0.273 e. The highest BCUT2D eigenvalue weighted by Gasteiger charge is 2.13. The quantitative estimate of drug-likeness (QED) is 0.283. The fourth-order valence-corrected chi connectivity index (χ4v) is 2.92. The molecule has 0 saturated heterocycles. The van der Waals surface area contributed by atoms with Crippen molar-refractivity contribution in [2.75, 3.05) is 7.11 Å². The van der Waals surface area contributed by atoms with Crippen LogP contribution in [0.3, 0.4) is 0 Å². The lowest BCUT2D eigenvalue weighted by Crippen LogP contribution is -2.48. The lowest BCUT2D eigenvalue weighted by atomic mass is 10.2. The van der Waals surface area contributed by atoms with Crippen molar-refractivity contribution in [2.24, 2.45) is 0 Å². The zero-order valence-electron chi connectivity index (χ0n) is 17.9. The Bertz CT molecular complexity index is 1130. The predicted octanol–water partition coefficient (Wildman–Crippen LogP) is 3.62. The first-order chi connectivity index (χ1) is 16.0. The number of carbonyl (C=O) groups is 2. The minimum Gasteiger partial charge on any atom is -0.497 e. The minimum atomic E-state index is -0.455. The van der Waals surface area contributed by atoms with E-state index in [0.29, 0.717) is 17.9 Å². The molecule has 0 aliphatic heterocycles. The van der Waals surface area contributed by atoms with Crippen LogP contribution < -0.4 is 25.6 Å². The molecule has 33 heavy (non-hydrogen) atoms. The number of rotatable bonds is 7. The summed E-state index contributed by atoms with van der Waals surface area (Å²) in [5, 5.41) is 2.42. The van der Waals surface area contributed by atoms with Crippen LogP contribution in [0.15, 0.2) is 84.9 Å². The van der Waals surface area contributed by atoms with E-state index in [1.807, 2.05) is 42.5 Å². The summed E-state index contributed by atoms with van der Waals surface area (Å²) in [5.74, 6) is 0.260. The minimum absolute atomic E-state index is 0.0459. The van der Waals surface area contributed by atoms with Gasteiger partial charge in [-0.2, -0.15) is 0 Å². The van der Waals surface area contributed by atoms with E-state index in [2.05, 4.69) is 16.2 Å². The average molecular weight is 462 g/mol. The van der Waals surface area contributed by atoms with Crippen LogP contribution in [-0.2, 0) is 11.4 Å². The Labute approximate surface area is 197 Å². The van der Waals surface area contributed by atoms with Crippen molar-refractivity contribution in [1.29, 1.82) is 0 Å². The Balaban J connectivity index is 1.49. The fraction of sp³-hybridized carbons (Fsp3) is 0.0800. The molecular formula is C25H23N3O4S. The molecule has 0 atom stereocenters. The van der Waals surface area contributed by atoms with Crippen LogP contribution in [0.5, 0.6) is 11.5 Å².